The van der Waals surface area contributed by atoms with Crippen molar-refractivity contribution in [1.82, 2.24) is 10.2 Å². The largest absolute Gasteiger partial charge is 0.368 e. The standard InChI is InChI=1S/C15H23N5O2S/c1-17(2)8-7-16-15(23)19-11-9-18(10-12-19)13-3-5-14(6-4-13)20(21)22/h3-6H,7-12H2,1-2H3,(H,16,23)/p+1. The number of non-ortho nitro benzene ring substituents is 1. The summed E-state index contributed by atoms with van der Waals surface area (Å²) in [7, 11) is 4.24. The van der Waals surface area contributed by atoms with Crippen molar-refractivity contribution in [2.75, 3.05) is 58.3 Å². The molecule has 8 heteroatoms. The van der Waals surface area contributed by atoms with E-state index < -0.39 is 0 Å². The van der Waals surface area contributed by atoms with Crippen molar-refractivity contribution in [3.63, 3.8) is 0 Å². The van der Waals surface area contributed by atoms with Gasteiger partial charge in [0.05, 0.1) is 32.1 Å². The molecule has 1 aromatic rings. The van der Waals surface area contributed by atoms with Gasteiger partial charge in [-0.15, -0.1) is 0 Å². The van der Waals surface area contributed by atoms with E-state index in [9.17, 15) is 10.1 Å². The number of hydrogen-bond donors (Lipinski definition) is 2. The van der Waals surface area contributed by atoms with Crippen LogP contribution in [-0.4, -0.2) is 68.3 Å². The summed E-state index contributed by atoms with van der Waals surface area (Å²) in [6.07, 6.45) is 0. The molecule has 0 radical (unpaired) electrons. The molecule has 126 valence electrons. The van der Waals surface area contributed by atoms with Crippen molar-refractivity contribution in [3.8, 4) is 0 Å². The van der Waals surface area contributed by atoms with Crippen LogP contribution in [0.25, 0.3) is 0 Å². The van der Waals surface area contributed by atoms with Gasteiger partial charge in [0.25, 0.3) is 5.69 Å². The summed E-state index contributed by atoms with van der Waals surface area (Å²) in [5.41, 5.74) is 1.14. The minimum atomic E-state index is -0.374. The molecule has 1 fully saturated rings. The van der Waals surface area contributed by atoms with Gasteiger partial charge in [-0.3, -0.25) is 10.1 Å². The van der Waals surface area contributed by atoms with E-state index in [0.29, 0.717) is 0 Å². The fraction of sp³-hybridized carbons (Fsp3) is 0.533. The maximum Gasteiger partial charge on any atom is 0.269 e. The SMILES string of the molecule is C[NH+](C)CCNC(=S)N1CCN(c2ccc([N+](=O)[O-])cc2)CC1. The van der Waals surface area contributed by atoms with Gasteiger partial charge in [0.2, 0.25) is 0 Å². The third-order valence-corrected chi connectivity index (χ3v) is 4.30. The number of nitro groups is 1. The molecule has 1 aliphatic rings. The highest BCUT2D eigenvalue weighted by Crippen LogP contribution is 2.20. The van der Waals surface area contributed by atoms with Gasteiger partial charge in [-0.05, 0) is 24.4 Å². The van der Waals surface area contributed by atoms with Crippen molar-refractivity contribution >= 4 is 28.7 Å². The van der Waals surface area contributed by atoms with Gasteiger partial charge in [0.1, 0.15) is 0 Å². The molecule has 7 nitrogen and oxygen atoms in total. The van der Waals surface area contributed by atoms with Crippen LogP contribution in [0, 0.1) is 10.1 Å². The number of nitrogens with one attached hydrogen (secondary N) is 2. The Morgan fingerprint density at radius 2 is 1.87 bits per heavy atom. The molecule has 1 heterocycles. The molecule has 0 aromatic heterocycles. The first-order valence-electron chi connectivity index (χ1n) is 7.78. The normalized spacial score (nSPS) is 14.9. The Kier molecular flexibility index (Phi) is 6.12. The maximum absolute atomic E-state index is 10.7. The topological polar surface area (TPSA) is 66.1 Å². The average Bonchev–Trinajstić information content (AvgIpc) is 2.54. The second-order valence-electron chi connectivity index (χ2n) is 5.94. The van der Waals surface area contributed by atoms with Gasteiger partial charge in [0.15, 0.2) is 5.11 Å². The predicted octanol–water partition coefficient (Wildman–Crippen LogP) is -0.264. The molecule has 1 saturated heterocycles. The summed E-state index contributed by atoms with van der Waals surface area (Å²) in [6, 6.07) is 6.73. The lowest BCUT2D eigenvalue weighted by atomic mass is 10.2. The summed E-state index contributed by atoms with van der Waals surface area (Å²) >= 11 is 5.44. The second kappa shape index (κ2) is 8.07. The van der Waals surface area contributed by atoms with Crippen molar-refractivity contribution in [1.29, 1.82) is 0 Å². The third-order valence-electron chi connectivity index (χ3n) is 3.89. The number of nitro benzene ring substituents is 1. The first-order chi connectivity index (χ1) is 11.0. The number of hydrogen-bond acceptors (Lipinski definition) is 4. The molecule has 1 aromatic carbocycles. The molecular weight excluding hydrogens is 314 g/mol. The molecule has 0 amide bonds. The molecule has 0 saturated carbocycles. The Bertz CT molecular complexity index is 541. The van der Waals surface area contributed by atoms with E-state index in [0.717, 1.165) is 50.1 Å². The van der Waals surface area contributed by atoms with Crippen molar-refractivity contribution < 1.29 is 9.82 Å². The Morgan fingerprint density at radius 1 is 1.26 bits per heavy atom. The molecule has 0 atom stereocenters. The molecule has 0 bridgehead atoms. The second-order valence-corrected chi connectivity index (χ2v) is 6.32. The highest BCUT2D eigenvalue weighted by Gasteiger charge is 2.19. The van der Waals surface area contributed by atoms with E-state index in [2.05, 4.69) is 29.2 Å². The number of benzene rings is 1. The van der Waals surface area contributed by atoms with Gasteiger partial charge in [-0.25, -0.2) is 0 Å². The number of thiocarbonyl (C=S) groups is 1. The van der Waals surface area contributed by atoms with Crippen molar-refractivity contribution in [2.24, 2.45) is 0 Å². The van der Waals surface area contributed by atoms with Crippen LogP contribution in [0.4, 0.5) is 11.4 Å². The van der Waals surface area contributed by atoms with Crippen molar-refractivity contribution in [2.45, 2.75) is 0 Å². The molecular formula is C15H24N5O2S+. The lowest BCUT2D eigenvalue weighted by Crippen LogP contribution is -3.06. The predicted molar refractivity (Wildman–Crippen MR) is 95.2 cm³/mol. The van der Waals surface area contributed by atoms with Crippen LogP contribution in [0.15, 0.2) is 24.3 Å². The van der Waals surface area contributed by atoms with Crippen molar-refractivity contribution in [3.05, 3.63) is 34.4 Å². The van der Waals surface area contributed by atoms with Crippen LogP contribution in [0.5, 0.6) is 0 Å². The third kappa shape index (κ3) is 5.04. The average molecular weight is 338 g/mol. The summed E-state index contributed by atoms with van der Waals surface area (Å²) in [6.45, 7) is 5.35. The minimum Gasteiger partial charge on any atom is -0.368 e. The van der Waals surface area contributed by atoms with E-state index in [1.54, 1.807) is 12.1 Å². The monoisotopic (exact) mass is 338 g/mol. The molecule has 0 spiro atoms. The number of piperazine rings is 1. The number of nitrogens with zero attached hydrogens (tertiary/aromatic N) is 3. The highest BCUT2D eigenvalue weighted by atomic mass is 32.1. The van der Waals surface area contributed by atoms with Gasteiger partial charge >= 0.3 is 0 Å². The fourth-order valence-electron chi connectivity index (χ4n) is 2.48. The Hall–Kier alpha value is -1.93. The zero-order valence-corrected chi connectivity index (χ0v) is 14.4. The summed E-state index contributed by atoms with van der Waals surface area (Å²) < 4.78 is 0. The molecule has 0 aliphatic carbocycles. The molecule has 1 aliphatic heterocycles. The van der Waals surface area contributed by atoms with E-state index in [4.69, 9.17) is 12.2 Å². The number of anilines is 1. The maximum atomic E-state index is 10.7. The smallest absolute Gasteiger partial charge is 0.269 e. The zero-order chi connectivity index (χ0) is 16.8. The van der Waals surface area contributed by atoms with Crippen LogP contribution in [0.2, 0.25) is 0 Å². The first-order valence-corrected chi connectivity index (χ1v) is 8.19. The van der Waals surface area contributed by atoms with E-state index in [1.807, 2.05) is 12.1 Å². The number of likely N-dealkylation sites (N-methyl/N-ethyl adjacent to an activating group) is 1. The highest BCUT2D eigenvalue weighted by molar-refractivity contribution is 7.80. The lowest BCUT2D eigenvalue weighted by Gasteiger charge is -2.37. The Labute approximate surface area is 142 Å². The summed E-state index contributed by atoms with van der Waals surface area (Å²) in [5.74, 6) is 0. The van der Waals surface area contributed by atoms with Crippen LogP contribution >= 0.6 is 12.2 Å². The lowest BCUT2D eigenvalue weighted by molar-refractivity contribution is -0.856. The molecule has 0 unspecified atom stereocenters. The first kappa shape index (κ1) is 17.4. The van der Waals surface area contributed by atoms with E-state index >= 15 is 0 Å². The van der Waals surface area contributed by atoms with Gasteiger partial charge in [0, 0.05) is 44.0 Å². The van der Waals surface area contributed by atoms with Gasteiger partial charge in [-0.2, -0.15) is 0 Å². The van der Waals surface area contributed by atoms with Crippen LogP contribution < -0.4 is 15.1 Å². The Morgan fingerprint density at radius 3 is 2.39 bits per heavy atom. The Balaban J connectivity index is 1.81. The van der Waals surface area contributed by atoms with Crippen LogP contribution in [-0.2, 0) is 0 Å². The van der Waals surface area contributed by atoms with E-state index in [1.165, 1.54) is 4.90 Å². The molecule has 2 rings (SSSR count). The quantitative estimate of drug-likeness (QED) is 0.438. The molecule has 2 N–H and O–H groups in total. The van der Waals surface area contributed by atoms with Gasteiger partial charge < -0.3 is 20.0 Å². The fourth-order valence-corrected chi connectivity index (χ4v) is 2.77. The van der Waals surface area contributed by atoms with Crippen LogP contribution in [0.3, 0.4) is 0 Å². The molecule has 23 heavy (non-hydrogen) atoms. The zero-order valence-electron chi connectivity index (χ0n) is 13.6. The van der Waals surface area contributed by atoms with Gasteiger partial charge in [-0.1, -0.05) is 0 Å². The van der Waals surface area contributed by atoms with E-state index in [-0.39, 0.29) is 10.6 Å². The minimum absolute atomic E-state index is 0.126. The number of rotatable bonds is 5. The summed E-state index contributed by atoms with van der Waals surface area (Å²) in [5, 5.41) is 14.8. The summed E-state index contributed by atoms with van der Waals surface area (Å²) in [4.78, 5) is 16.1. The number of quaternary nitrogens is 1. The van der Waals surface area contributed by atoms with Crippen LogP contribution in [0.1, 0.15) is 0 Å².